The van der Waals surface area contributed by atoms with Crippen molar-refractivity contribution in [2.75, 3.05) is 26.3 Å². The van der Waals surface area contributed by atoms with Gasteiger partial charge in [0.15, 0.2) is 6.29 Å². The Kier molecular flexibility index (Phi) is 7.16. The lowest BCUT2D eigenvalue weighted by atomic mass is 10.1. The highest BCUT2D eigenvalue weighted by molar-refractivity contribution is 5.29. The first-order valence-corrected chi connectivity index (χ1v) is 8.47. The Labute approximate surface area is 134 Å². The summed E-state index contributed by atoms with van der Waals surface area (Å²) in [5, 5.41) is 9.62. The van der Waals surface area contributed by atoms with Crippen LogP contribution in [0.4, 0.5) is 0 Å². The van der Waals surface area contributed by atoms with Gasteiger partial charge in [-0.05, 0) is 56.8 Å². The molecule has 1 N–H and O–H groups in total. The number of benzene rings is 1. The summed E-state index contributed by atoms with van der Waals surface area (Å²) in [5.41, 5.74) is 1.15. The van der Waals surface area contributed by atoms with E-state index in [2.05, 4.69) is 24.8 Å². The molecule has 0 aliphatic carbocycles. The molecule has 0 amide bonds. The number of hydrogen-bond donors (Lipinski definition) is 1. The van der Waals surface area contributed by atoms with E-state index in [1.54, 1.807) is 6.07 Å². The minimum absolute atomic E-state index is 0.00678. The maximum absolute atomic E-state index is 9.62. The summed E-state index contributed by atoms with van der Waals surface area (Å²) in [5.74, 6) is 0.332. The number of aromatic hydroxyl groups is 1. The highest BCUT2D eigenvalue weighted by Crippen LogP contribution is 2.23. The van der Waals surface area contributed by atoms with Crippen molar-refractivity contribution in [1.29, 1.82) is 0 Å². The number of rotatable bonds is 8. The van der Waals surface area contributed by atoms with Crippen molar-refractivity contribution < 1.29 is 14.6 Å². The Morgan fingerprint density at radius 3 is 2.95 bits per heavy atom. The number of ether oxygens (including phenoxy) is 2. The molecule has 2 atom stereocenters. The molecule has 1 aromatic carbocycles. The van der Waals surface area contributed by atoms with Crippen LogP contribution >= 0.6 is 0 Å². The van der Waals surface area contributed by atoms with Crippen LogP contribution in [0.2, 0.25) is 0 Å². The standard InChI is InChI=1S/C18H29NO3/c1-3-19(15(2)16-8-6-9-17(20)14-16)11-7-13-22-18-10-4-5-12-21-18/h6,8-9,14-15,18,20H,3-5,7,10-13H2,1-2H3/t15-,18+/m1/s1. The maximum Gasteiger partial charge on any atom is 0.157 e. The first-order valence-electron chi connectivity index (χ1n) is 8.47. The predicted octanol–water partition coefficient (Wildman–Crippen LogP) is 3.71. The van der Waals surface area contributed by atoms with Gasteiger partial charge in [0.25, 0.3) is 0 Å². The molecule has 1 fully saturated rings. The third kappa shape index (κ3) is 5.27. The third-order valence-corrected chi connectivity index (χ3v) is 4.34. The van der Waals surface area contributed by atoms with Crippen molar-refractivity contribution in [1.82, 2.24) is 4.90 Å². The molecular formula is C18H29NO3. The fourth-order valence-corrected chi connectivity index (χ4v) is 2.95. The van der Waals surface area contributed by atoms with E-state index in [0.717, 1.165) is 51.1 Å². The van der Waals surface area contributed by atoms with Crippen LogP contribution in [0, 0.1) is 0 Å². The second kappa shape index (κ2) is 9.13. The second-order valence-corrected chi connectivity index (χ2v) is 5.92. The SMILES string of the molecule is CCN(CCCO[C@H]1CCCCO1)[C@H](C)c1cccc(O)c1. The van der Waals surface area contributed by atoms with Crippen LogP contribution in [0.3, 0.4) is 0 Å². The topological polar surface area (TPSA) is 41.9 Å². The van der Waals surface area contributed by atoms with Gasteiger partial charge in [0.05, 0.1) is 6.61 Å². The van der Waals surface area contributed by atoms with Crippen LogP contribution in [0.15, 0.2) is 24.3 Å². The van der Waals surface area contributed by atoms with Crippen LogP contribution in [0.5, 0.6) is 5.75 Å². The molecule has 0 radical (unpaired) electrons. The molecule has 0 aromatic heterocycles. The molecule has 22 heavy (non-hydrogen) atoms. The molecular weight excluding hydrogens is 278 g/mol. The molecule has 0 unspecified atom stereocenters. The average molecular weight is 307 g/mol. The zero-order valence-electron chi connectivity index (χ0n) is 13.8. The van der Waals surface area contributed by atoms with E-state index in [0.29, 0.717) is 11.8 Å². The molecule has 0 spiro atoms. The van der Waals surface area contributed by atoms with E-state index < -0.39 is 0 Å². The lowest BCUT2D eigenvalue weighted by Crippen LogP contribution is -2.29. The van der Waals surface area contributed by atoms with Gasteiger partial charge in [-0.2, -0.15) is 0 Å². The lowest BCUT2D eigenvalue weighted by Gasteiger charge is -2.29. The van der Waals surface area contributed by atoms with Gasteiger partial charge in [-0.1, -0.05) is 19.1 Å². The Balaban J connectivity index is 1.74. The number of phenolic OH excluding ortho intramolecular Hbond substituents is 1. The molecule has 124 valence electrons. The van der Waals surface area contributed by atoms with Crippen molar-refractivity contribution in [2.24, 2.45) is 0 Å². The summed E-state index contributed by atoms with van der Waals surface area (Å²) in [4.78, 5) is 2.40. The lowest BCUT2D eigenvalue weighted by molar-refractivity contribution is -0.163. The number of nitrogens with zero attached hydrogens (tertiary/aromatic N) is 1. The van der Waals surface area contributed by atoms with Crippen LogP contribution in [0.25, 0.3) is 0 Å². The molecule has 1 saturated heterocycles. The van der Waals surface area contributed by atoms with Gasteiger partial charge in [0.2, 0.25) is 0 Å². The molecule has 2 rings (SSSR count). The zero-order chi connectivity index (χ0) is 15.8. The van der Waals surface area contributed by atoms with Crippen molar-refractivity contribution >= 4 is 0 Å². The van der Waals surface area contributed by atoms with Gasteiger partial charge >= 0.3 is 0 Å². The summed E-state index contributed by atoms with van der Waals surface area (Å²) in [6.45, 7) is 7.90. The third-order valence-electron chi connectivity index (χ3n) is 4.34. The summed E-state index contributed by atoms with van der Waals surface area (Å²) in [7, 11) is 0. The number of hydrogen-bond acceptors (Lipinski definition) is 4. The summed E-state index contributed by atoms with van der Waals surface area (Å²) >= 11 is 0. The fourth-order valence-electron chi connectivity index (χ4n) is 2.95. The molecule has 0 bridgehead atoms. The minimum Gasteiger partial charge on any atom is -0.508 e. The van der Waals surface area contributed by atoms with Crippen molar-refractivity contribution in [3.8, 4) is 5.75 Å². The normalized spacial score (nSPS) is 20.2. The van der Waals surface area contributed by atoms with Gasteiger partial charge < -0.3 is 14.6 Å². The fraction of sp³-hybridized carbons (Fsp3) is 0.667. The van der Waals surface area contributed by atoms with E-state index in [1.165, 1.54) is 6.42 Å². The number of phenols is 1. The van der Waals surface area contributed by atoms with E-state index in [1.807, 2.05) is 12.1 Å². The predicted molar refractivity (Wildman–Crippen MR) is 87.9 cm³/mol. The monoisotopic (exact) mass is 307 g/mol. The molecule has 0 saturated carbocycles. The Morgan fingerprint density at radius 1 is 1.41 bits per heavy atom. The Morgan fingerprint density at radius 2 is 2.27 bits per heavy atom. The second-order valence-electron chi connectivity index (χ2n) is 5.92. The van der Waals surface area contributed by atoms with E-state index in [-0.39, 0.29) is 6.29 Å². The molecule has 1 heterocycles. The van der Waals surface area contributed by atoms with Gasteiger partial charge in [0.1, 0.15) is 5.75 Å². The zero-order valence-corrected chi connectivity index (χ0v) is 13.8. The smallest absolute Gasteiger partial charge is 0.157 e. The van der Waals surface area contributed by atoms with Gasteiger partial charge in [-0.3, -0.25) is 4.90 Å². The quantitative estimate of drug-likeness (QED) is 0.743. The summed E-state index contributed by atoms with van der Waals surface area (Å²) in [6, 6.07) is 7.82. The van der Waals surface area contributed by atoms with Crippen LogP contribution in [-0.2, 0) is 9.47 Å². The van der Waals surface area contributed by atoms with Crippen molar-refractivity contribution in [3.05, 3.63) is 29.8 Å². The van der Waals surface area contributed by atoms with Crippen molar-refractivity contribution in [3.63, 3.8) is 0 Å². The largest absolute Gasteiger partial charge is 0.508 e. The minimum atomic E-state index is 0.00678. The van der Waals surface area contributed by atoms with Gasteiger partial charge in [-0.25, -0.2) is 0 Å². The molecule has 1 aliphatic heterocycles. The summed E-state index contributed by atoms with van der Waals surface area (Å²) < 4.78 is 11.4. The first kappa shape index (κ1) is 17.3. The van der Waals surface area contributed by atoms with Crippen molar-refractivity contribution in [2.45, 2.75) is 51.9 Å². The van der Waals surface area contributed by atoms with Gasteiger partial charge in [-0.15, -0.1) is 0 Å². The molecule has 1 aromatic rings. The van der Waals surface area contributed by atoms with E-state index in [4.69, 9.17) is 9.47 Å². The maximum atomic E-state index is 9.62. The van der Waals surface area contributed by atoms with Crippen LogP contribution in [0.1, 0.15) is 51.1 Å². The van der Waals surface area contributed by atoms with E-state index in [9.17, 15) is 5.11 Å². The highest BCUT2D eigenvalue weighted by Gasteiger charge is 2.16. The first-order chi connectivity index (χ1) is 10.7. The van der Waals surface area contributed by atoms with Crippen LogP contribution in [-0.4, -0.2) is 42.6 Å². The van der Waals surface area contributed by atoms with Crippen LogP contribution < -0.4 is 0 Å². The van der Waals surface area contributed by atoms with E-state index >= 15 is 0 Å². The average Bonchev–Trinajstić information content (AvgIpc) is 2.55. The highest BCUT2D eigenvalue weighted by atomic mass is 16.7. The Bertz CT molecular complexity index is 432. The molecule has 4 heteroatoms. The molecule has 1 aliphatic rings. The molecule has 4 nitrogen and oxygen atoms in total. The summed E-state index contributed by atoms with van der Waals surface area (Å²) in [6.07, 6.45) is 4.39. The van der Waals surface area contributed by atoms with Gasteiger partial charge in [0, 0.05) is 19.2 Å². The Hall–Kier alpha value is -1.10.